The zero-order valence-electron chi connectivity index (χ0n) is 21.6. The highest BCUT2D eigenvalue weighted by Crippen LogP contribution is 2.69. The summed E-state index contributed by atoms with van der Waals surface area (Å²) >= 11 is 0. The fourth-order valence-electron chi connectivity index (χ4n) is 6.35. The number of nitrogens with zero attached hydrogens (tertiary/aromatic N) is 5. The molecule has 2 aliphatic carbocycles. The first-order valence-corrected chi connectivity index (χ1v) is 14.5. The Bertz CT molecular complexity index is 1690. The molecule has 0 spiro atoms. The smallest absolute Gasteiger partial charge is 0.209 e. The van der Waals surface area contributed by atoms with Crippen LogP contribution in [0.15, 0.2) is 55.0 Å². The van der Waals surface area contributed by atoms with E-state index >= 15 is 0 Å². The Balaban J connectivity index is 1.39. The minimum atomic E-state index is -3.32. The Hall–Kier alpha value is -3.70. The van der Waals surface area contributed by atoms with Crippen molar-refractivity contribution in [2.24, 2.45) is 5.41 Å². The number of hydrogen-bond acceptors (Lipinski definition) is 7. The van der Waals surface area contributed by atoms with Crippen molar-refractivity contribution in [2.45, 2.75) is 44.6 Å². The van der Waals surface area contributed by atoms with Crippen LogP contribution in [0.5, 0.6) is 0 Å². The first kappa shape index (κ1) is 25.6. The van der Waals surface area contributed by atoms with E-state index in [0.29, 0.717) is 11.4 Å². The SMILES string of the molecule is CC1(C)[C@H]2CC[C@]1(c1cncc(-c3ccc(CNS(C)(=O)=O)nc3)n1)c1nnc(-c3c(F)cccc3F)cc12. The zero-order valence-corrected chi connectivity index (χ0v) is 22.4. The molecule has 0 unspecified atom stereocenters. The monoisotopic (exact) mass is 548 g/mol. The van der Waals surface area contributed by atoms with Crippen LogP contribution in [0.1, 0.15) is 55.3 Å². The van der Waals surface area contributed by atoms with Gasteiger partial charge in [0.2, 0.25) is 10.0 Å². The highest BCUT2D eigenvalue weighted by molar-refractivity contribution is 7.88. The molecule has 3 heterocycles. The van der Waals surface area contributed by atoms with Crippen LogP contribution < -0.4 is 4.72 Å². The second kappa shape index (κ2) is 8.92. The molecule has 0 saturated heterocycles. The van der Waals surface area contributed by atoms with Gasteiger partial charge in [-0.15, -0.1) is 5.10 Å². The lowest BCUT2D eigenvalue weighted by Crippen LogP contribution is -2.38. The van der Waals surface area contributed by atoms with Crippen LogP contribution >= 0.6 is 0 Å². The van der Waals surface area contributed by atoms with E-state index in [-0.39, 0.29) is 29.1 Å². The summed E-state index contributed by atoms with van der Waals surface area (Å²) in [6.45, 7) is 4.45. The van der Waals surface area contributed by atoms with Gasteiger partial charge in [0.25, 0.3) is 0 Å². The molecule has 2 aliphatic rings. The number of aromatic nitrogens is 5. The number of pyridine rings is 1. The molecule has 1 saturated carbocycles. The van der Waals surface area contributed by atoms with Gasteiger partial charge in [-0.2, -0.15) is 5.10 Å². The Kier molecular flexibility index (Phi) is 5.85. The molecule has 3 aromatic heterocycles. The first-order chi connectivity index (χ1) is 18.5. The summed E-state index contributed by atoms with van der Waals surface area (Å²) in [4.78, 5) is 13.9. The molecule has 11 heteroatoms. The fraction of sp³-hybridized carbons (Fsp3) is 0.321. The van der Waals surface area contributed by atoms with Gasteiger partial charge in [-0.1, -0.05) is 19.9 Å². The van der Waals surface area contributed by atoms with Crippen LogP contribution in [0.3, 0.4) is 0 Å². The summed E-state index contributed by atoms with van der Waals surface area (Å²) in [6, 6.07) is 9.12. The zero-order chi connectivity index (χ0) is 27.6. The molecule has 0 radical (unpaired) electrons. The second-order valence-corrected chi connectivity index (χ2v) is 12.6. The van der Waals surface area contributed by atoms with Crippen molar-refractivity contribution in [3.05, 3.63) is 89.3 Å². The first-order valence-electron chi connectivity index (χ1n) is 12.6. The molecule has 2 atom stereocenters. The topological polar surface area (TPSA) is 111 Å². The normalized spacial score (nSPS) is 21.2. The van der Waals surface area contributed by atoms with Gasteiger partial charge in [-0.05, 0) is 60.1 Å². The lowest BCUT2D eigenvalue weighted by atomic mass is 9.66. The van der Waals surface area contributed by atoms with Gasteiger partial charge in [0.05, 0.1) is 58.4 Å². The second-order valence-electron chi connectivity index (χ2n) is 10.8. The van der Waals surface area contributed by atoms with Gasteiger partial charge in [0.15, 0.2) is 0 Å². The number of fused-ring (bicyclic) bond motifs is 5. The Morgan fingerprint density at radius 1 is 1.03 bits per heavy atom. The van der Waals surface area contributed by atoms with E-state index in [9.17, 15) is 17.2 Å². The van der Waals surface area contributed by atoms with Crippen LogP contribution in [0.25, 0.3) is 22.5 Å². The van der Waals surface area contributed by atoms with Gasteiger partial charge in [0, 0.05) is 18.0 Å². The average molecular weight is 549 g/mol. The largest absolute Gasteiger partial charge is 0.261 e. The van der Waals surface area contributed by atoms with Gasteiger partial charge in [-0.3, -0.25) is 9.97 Å². The summed E-state index contributed by atoms with van der Waals surface area (Å²) in [7, 11) is -3.32. The number of nitrogens with one attached hydrogen (secondary N) is 1. The van der Waals surface area contributed by atoms with Crippen LogP contribution in [-0.2, 0) is 22.0 Å². The van der Waals surface area contributed by atoms with Crippen molar-refractivity contribution in [1.29, 1.82) is 0 Å². The van der Waals surface area contributed by atoms with Crippen LogP contribution in [0.4, 0.5) is 8.78 Å². The van der Waals surface area contributed by atoms with E-state index in [1.54, 1.807) is 30.7 Å². The Morgan fingerprint density at radius 2 is 1.79 bits per heavy atom. The molecule has 8 nitrogen and oxygen atoms in total. The lowest BCUT2D eigenvalue weighted by molar-refractivity contribution is 0.242. The van der Waals surface area contributed by atoms with Gasteiger partial charge in [-0.25, -0.2) is 26.9 Å². The van der Waals surface area contributed by atoms with Crippen LogP contribution in [-0.4, -0.2) is 39.8 Å². The number of hydrogen-bond donors (Lipinski definition) is 1. The van der Waals surface area contributed by atoms with Crippen molar-refractivity contribution in [3.63, 3.8) is 0 Å². The van der Waals surface area contributed by atoms with E-state index in [1.165, 1.54) is 18.2 Å². The fourth-order valence-corrected chi connectivity index (χ4v) is 6.76. The Morgan fingerprint density at radius 3 is 2.49 bits per heavy atom. The third-order valence-corrected chi connectivity index (χ3v) is 8.98. The molecular formula is C28H26F2N6O2S. The maximum Gasteiger partial charge on any atom is 0.209 e. The maximum absolute atomic E-state index is 14.5. The number of rotatable bonds is 6. The minimum Gasteiger partial charge on any atom is -0.261 e. The van der Waals surface area contributed by atoms with Gasteiger partial charge < -0.3 is 0 Å². The summed E-state index contributed by atoms with van der Waals surface area (Å²) in [5.74, 6) is -1.23. The van der Waals surface area contributed by atoms with E-state index < -0.39 is 27.1 Å². The number of benzene rings is 1. The van der Waals surface area contributed by atoms with Crippen molar-refractivity contribution in [3.8, 4) is 22.5 Å². The average Bonchev–Trinajstić information content (AvgIpc) is 3.28. The molecule has 2 bridgehead atoms. The molecule has 1 aromatic carbocycles. The van der Waals surface area contributed by atoms with Crippen molar-refractivity contribution in [1.82, 2.24) is 29.9 Å². The van der Waals surface area contributed by atoms with Crippen LogP contribution in [0.2, 0.25) is 0 Å². The standard InChI is InChI=1S/C28H26F2N6O2S/c1-27(2)19-9-10-28(27,26-18(19)11-22(35-36-26)25-20(29)5-4-6-21(25)30)24-15-31-14-23(34-24)16-7-8-17(32-12-16)13-33-39(3,37)38/h4-8,11-12,14-15,19,33H,9-10,13H2,1-3H3/t19-,28-/m0/s1. The quantitative estimate of drug-likeness (QED) is 0.377. The number of halogens is 2. The molecule has 0 amide bonds. The lowest BCUT2D eigenvalue weighted by Gasteiger charge is -2.37. The molecule has 0 aliphatic heterocycles. The predicted molar refractivity (Wildman–Crippen MR) is 141 cm³/mol. The summed E-state index contributed by atoms with van der Waals surface area (Å²) < 4.78 is 54.3. The van der Waals surface area contributed by atoms with Crippen molar-refractivity contribution >= 4 is 10.0 Å². The molecule has 200 valence electrons. The van der Waals surface area contributed by atoms with Gasteiger partial charge in [0.1, 0.15) is 11.6 Å². The van der Waals surface area contributed by atoms with Gasteiger partial charge >= 0.3 is 0 Å². The van der Waals surface area contributed by atoms with E-state index in [1.807, 2.05) is 6.07 Å². The summed E-state index contributed by atoms with van der Waals surface area (Å²) in [6.07, 6.45) is 7.84. The molecular weight excluding hydrogens is 522 g/mol. The van der Waals surface area contributed by atoms with Crippen molar-refractivity contribution in [2.75, 3.05) is 6.26 Å². The third kappa shape index (κ3) is 4.02. The Labute approximate surface area is 225 Å². The third-order valence-electron chi connectivity index (χ3n) is 8.31. The molecule has 4 aromatic rings. The molecule has 1 fully saturated rings. The van der Waals surface area contributed by atoms with E-state index in [0.717, 1.165) is 41.6 Å². The summed E-state index contributed by atoms with van der Waals surface area (Å²) in [5, 5.41) is 8.86. The molecule has 39 heavy (non-hydrogen) atoms. The summed E-state index contributed by atoms with van der Waals surface area (Å²) in [5.41, 5.74) is 3.57. The van der Waals surface area contributed by atoms with Crippen molar-refractivity contribution < 1.29 is 17.2 Å². The molecule has 1 N–H and O–H groups in total. The predicted octanol–water partition coefficient (Wildman–Crippen LogP) is 4.53. The maximum atomic E-state index is 14.5. The minimum absolute atomic E-state index is 0.0950. The number of sulfonamides is 1. The molecule has 6 rings (SSSR count). The highest BCUT2D eigenvalue weighted by atomic mass is 32.2. The highest BCUT2D eigenvalue weighted by Gasteiger charge is 2.65. The van der Waals surface area contributed by atoms with Crippen LogP contribution in [0, 0.1) is 17.0 Å². The van der Waals surface area contributed by atoms with E-state index in [4.69, 9.17) is 4.98 Å². The van der Waals surface area contributed by atoms with E-state index in [2.05, 4.69) is 38.7 Å².